The summed E-state index contributed by atoms with van der Waals surface area (Å²) >= 11 is 6.22. The van der Waals surface area contributed by atoms with Crippen LogP contribution in [0.1, 0.15) is 31.4 Å². The van der Waals surface area contributed by atoms with Crippen molar-refractivity contribution in [2.75, 3.05) is 13.1 Å². The molecule has 0 fully saturated rings. The lowest BCUT2D eigenvalue weighted by Gasteiger charge is -2.21. The van der Waals surface area contributed by atoms with Crippen LogP contribution < -0.4 is 5.32 Å². The summed E-state index contributed by atoms with van der Waals surface area (Å²) in [4.78, 5) is 0.169. The molecule has 25 heavy (non-hydrogen) atoms. The highest BCUT2D eigenvalue weighted by Crippen LogP contribution is 2.27. The van der Waals surface area contributed by atoms with E-state index in [1.807, 2.05) is 43.3 Å². The first-order valence-electron chi connectivity index (χ1n) is 8.52. The quantitative estimate of drug-likeness (QED) is 0.667. The predicted octanol–water partition coefficient (Wildman–Crippen LogP) is 4.05. The van der Waals surface area contributed by atoms with E-state index >= 15 is 0 Å². The Morgan fingerprint density at radius 1 is 1.04 bits per heavy atom. The largest absolute Gasteiger partial charge is 0.313 e. The Balaban J connectivity index is 2.28. The maximum Gasteiger partial charge on any atom is 0.244 e. The second kappa shape index (κ2) is 9.34. The van der Waals surface area contributed by atoms with Crippen LogP contribution in [0.5, 0.6) is 0 Å². The molecule has 2 aromatic carbocycles. The zero-order valence-electron chi connectivity index (χ0n) is 14.7. The van der Waals surface area contributed by atoms with Gasteiger partial charge < -0.3 is 5.32 Å². The molecule has 4 nitrogen and oxygen atoms in total. The molecule has 0 saturated heterocycles. The molecule has 2 rings (SSSR count). The Bertz CT molecular complexity index is 779. The van der Waals surface area contributed by atoms with E-state index in [1.165, 1.54) is 4.31 Å². The summed E-state index contributed by atoms with van der Waals surface area (Å²) in [7, 11) is -3.66. The molecule has 2 aromatic rings. The minimum absolute atomic E-state index is 0.169. The van der Waals surface area contributed by atoms with Gasteiger partial charge in [0, 0.05) is 19.6 Å². The Morgan fingerprint density at radius 3 is 2.40 bits per heavy atom. The first-order chi connectivity index (χ1) is 12.0. The molecule has 1 N–H and O–H groups in total. The van der Waals surface area contributed by atoms with E-state index in [9.17, 15) is 8.42 Å². The summed E-state index contributed by atoms with van der Waals surface area (Å²) in [5, 5.41) is 3.54. The van der Waals surface area contributed by atoms with Crippen LogP contribution >= 0.6 is 11.6 Å². The zero-order chi connectivity index (χ0) is 18.3. The van der Waals surface area contributed by atoms with Gasteiger partial charge in [0.1, 0.15) is 4.90 Å². The fraction of sp³-hybridized carbons (Fsp3) is 0.368. The number of halogens is 1. The molecule has 0 atom stereocenters. The topological polar surface area (TPSA) is 49.4 Å². The van der Waals surface area contributed by atoms with Crippen molar-refractivity contribution in [1.29, 1.82) is 0 Å². The number of nitrogens with one attached hydrogen (secondary N) is 1. The number of sulfonamides is 1. The smallest absolute Gasteiger partial charge is 0.244 e. The van der Waals surface area contributed by atoms with Crippen molar-refractivity contribution in [2.45, 2.75) is 38.3 Å². The lowest BCUT2D eigenvalue weighted by Crippen LogP contribution is -2.30. The van der Waals surface area contributed by atoms with Crippen LogP contribution in [0.4, 0.5) is 0 Å². The summed E-state index contributed by atoms with van der Waals surface area (Å²) in [5.74, 6) is 0. The molecule has 0 bridgehead atoms. The molecule has 0 aromatic heterocycles. The summed E-state index contributed by atoms with van der Waals surface area (Å²) in [6.45, 7) is 6.15. The van der Waals surface area contributed by atoms with Gasteiger partial charge in [-0.05, 0) is 36.2 Å². The lowest BCUT2D eigenvalue weighted by atomic mass is 10.2. The van der Waals surface area contributed by atoms with Crippen LogP contribution in [0, 0.1) is 0 Å². The third-order valence-corrected chi connectivity index (χ3v) is 6.33. The van der Waals surface area contributed by atoms with Crippen LogP contribution in [0.15, 0.2) is 53.4 Å². The van der Waals surface area contributed by atoms with Gasteiger partial charge in [-0.2, -0.15) is 4.31 Å². The van der Waals surface area contributed by atoms with Crippen molar-refractivity contribution in [2.24, 2.45) is 0 Å². The number of hydrogen-bond acceptors (Lipinski definition) is 3. The van der Waals surface area contributed by atoms with Crippen LogP contribution in [0.2, 0.25) is 5.02 Å². The van der Waals surface area contributed by atoms with E-state index < -0.39 is 10.0 Å². The van der Waals surface area contributed by atoms with E-state index in [0.29, 0.717) is 19.6 Å². The van der Waals surface area contributed by atoms with Gasteiger partial charge in [0.05, 0.1) is 5.02 Å². The summed E-state index contributed by atoms with van der Waals surface area (Å²) in [6, 6.07) is 14.8. The van der Waals surface area contributed by atoms with Crippen molar-refractivity contribution in [3.63, 3.8) is 0 Å². The maximum absolute atomic E-state index is 13.1. The molecule has 136 valence electrons. The SMILES string of the molecule is CCCNCc1ccc(Cl)c(S(=O)(=O)N(CC)Cc2ccccc2)c1. The first-order valence-corrected chi connectivity index (χ1v) is 10.3. The molecule has 0 amide bonds. The summed E-state index contributed by atoms with van der Waals surface area (Å²) in [5.41, 5.74) is 1.86. The fourth-order valence-corrected chi connectivity index (χ4v) is 4.52. The van der Waals surface area contributed by atoms with Gasteiger partial charge in [0.25, 0.3) is 0 Å². The van der Waals surface area contributed by atoms with Crippen molar-refractivity contribution < 1.29 is 8.42 Å². The summed E-state index contributed by atoms with van der Waals surface area (Å²) in [6.07, 6.45) is 1.03. The van der Waals surface area contributed by atoms with Crippen molar-refractivity contribution in [3.05, 3.63) is 64.7 Å². The number of benzene rings is 2. The van der Waals surface area contributed by atoms with E-state index in [0.717, 1.165) is 24.1 Å². The van der Waals surface area contributed by atoms with Crippen LogP contribution in [0.25, 0.3) is 0 Å². The monoisotopic (exact) mass is 380 g/mol. The first kappa shape index (κ1) is 19.9. The van der Waals surface area contributed by atoms with Crippen molar-refractivity contribution in [1.82, 2.24) is 9.62 Å². The molecule has 6 heteroatoms. The average molecular weight is 381 g/mol. The highest BCUT2D eigenvalue weighted by molar-refractivity contribution is 7.89. The van der Waals surface area contributed by atoms with Gasteiger partial charge in [-0.25, -0.2) is 8.42 Å². The van der Waals surface area contributed by atoms with E-state index in [2.05, 4.69) is 12.2 Å². The van der Waals surface area contributed by atoms with Gasteiger partial charge in [-0.3, -0.25) is 0 Å². The number of nitrogens with zero attached hydrogens (tertiary/aromatic N) is 1. The Hall–Kier alpha value is -1.40. The lowest BCUT2D eigenvalue weighted by molar-refractivity contribution is 0.423. The van der Waals surface area contributed by atoms with Crippen molar-refractivity contribution in [3.8, 4) is 0 Å². The minimum Gasteiger partial charge on any atom is -0.313 e. The van der Waals surface area contributed by atoms with Crippen LogP contribution in [-0.2, 0) is 23.1 Å². The molecule has 0 aliphatic rings. The molecular weight excluding hydrogens is 356 g/mol. The Labute approximate surface area is 155 Å². The van der Waals surface area contributed by atoms with E-state index in [1.54, 1.807) is 12.1 Å². The normalized spacial score (nSPS) is 11.8. The van der Waals surface area contributed by atoms with Crippen molar-refractivity contribution >= 4 is 21.6 Å². The Kier molecular flexibility index (Phi) is 7.44. The van der Waals surface area contributed by atoms with Crippen LogP contribution in [-0.4, -0.2) is 25.8 Å². The second-order valence-corrected chi connectivity index (χ2v) is 8.17. The maximum atomic E-state index is 13.1. The molecule has 0 saturated carbocycles. The number of hydrogen-bond donors (Lipinski definition) is 1. The fourth-order valence-electron chi connectivity index (χ4n) is 2.56. The minimum atomic E-state index is -3.66. The van der Waals surface area contributed by atoms with Gasteiger partial charge in [0.2, 0.25) is 10.0 Å². The zero-order valence-corrected chi connectivity index (χ0v) is 16.3. The van der Waals surface area contributed by atoms with Gasteiger partial charge >= 0.3 is 0 Å². The summed E-state index contributed by atoms with van der Waals surface area (Å²) < 4.78 is 27.6. The molecule has 0 heterocycles. The number of rotatable bonds is 9. The third-order valence-electron chi connectivity index (χ3n) is 3.92. The Morgan fingerprint density at radius 2 is 1.76 bits per heavy atom. The second-order valence-electron chi connectivity index (χ2n) is 5.86. The van der Waals surface area contributed by atoms with Gasteiger partial charge in [-0.1, -0.05) is 61.8 Å². The van der Waals surface area contributed by atoms with E-state index in [4.69, 9.17) is 11.6 Å². The highest BCUT2D eigenvalue weighted by atomic mass is 35.5. The highest BCUT2D eigenvalue weighted by Gasteiger charge is 2.26. The molecule has 0 spiro atoms. The van der Waals surface area contributed by atoms with Crippen LogP contribution in [0.3, 0.4) is 0 Å². The average Bonchev–Trinajstić information content (AvgIpc) is 2.62. The van der Waals surface area contributed by atoms with Gasteiger partial charge in [0.15, 0.2) is 0 Å². The molecular formula is C19H25ClN2O2S. The molecule has 0 unspecified atom stereocenters. The molecule has 0 radical (unpaired) electrons. The predicted molar refractivity (Wildman–Crippen MR) is 103 cm³/mol. The van der Waals surface area contributed by atoms with Gasteiger partial charge in [-0.15, -0.1) is 0 Å². The molecule has 0 aliphatic carbocycles. The standard InChI is InChI=1S/C19H25ClN2O2S/c1-3-12-21-14-17-10-11-18(20)19(13-17)25(23,24)22(4-2)15-16-8-6-5-7-9-16/h5-11,13,21H,3-4,12,14-15H2,1-2H3. The van der Waals surface area contributed by atoms with E-state index in [-0.39, 0.29) is 9.92 Å². The third kappa shape index (κ3) is 5.28. The molecule has 0 aliphatic heterocycles.